The summed E-state index contributed by atoms with van der Waals surface area (Å²) in [6.07, 6.45) is 0.283. The molecule has 34 heavy (non-hydrogen) atoms. The minimum absolute atomic E-state index is 0.0634. The van der Waals surface area contributed by atoms with Crippen LogP contribution in [0.1, 0.15) is 33.5 Å². The van der Waals surface area contributed by atoms with Gasteiger partial charge in [-0.15, -0.1) is 0 Å². The monoisotopic (exact) mass is 491 g/mol. The molecule has 12 heteroatoms. The standard InChI is InChI=1S/C22H25N3O8S/c1-13-18(21(26)32-4)20(31-3)19(30-2)15(24-13)11-34(29)17(9-10-33-22(27)28)25-12-23-14-7-5-6-8-16(14)25/h5-8,12,17H,9-11H2,1-4H3,(H,27,28). The zero-order valence-corrected chi connectivity index (χ0v) is 20.0. The molecule has 2 atom stereocenters. The van der Waals surface area contributed by atoms with Crippen LogP contribution < -0.4 is 9.47 Å². The van der Waals surface area contributed by atoms with Crippen molar-refractivity contribution >= 4 is 34.0 Å². The topological polar surface area (TPSA) is 139 Å². The van der Waals surface area contributed by atoms with Gasteiger partial charge in [0.05, 0.1) is 73.2 Å². The van der Waals surface area contributed by atoms with Crippen molar-refractivity contribution in [3.63, 3.8) is 0 Å². The van der Waals surface area contributed by atoms with Gasteiger partial charge in [0.2, 0.25) is 0 Å². The highest BCUT2D eigenvalue weighted by molar-refractivity contribution is 7.84. The first-order valence-corrected chi connectivity index (χ1v) is 11.5. The summed E-state index contributed by atoms with van der Waals surface area (Å²) in [5, 5.41) is 8.18. The average Bonchev–Trinajstić information content (AvgIpc) is 3.24. The van der Waals surface area contributed by atoms with Crippen LogP contribution >= 0.6 is 0 Å². The number of carbonyl (C=O) groups is 2. The van der Waals surface area contributed by atoms with E-state index in [0.29, 0.717) is 16.9 Å². The van der Waals surface area contributed by atoms with Gasteiger partial charge in [-0.3, -0.25) is 9.19 Å². The van der Waals surface area contributed by atoms with Crippen LogP contribution in [0.25, 0.3) is 11.0 Å². The average molecular weight is 492 g/mol. The maximum absolute atomic E-state index is 13.6. The number of nitrogens with zero attached hydrogens (tertiary/aromatic N) is 3. The Labute approximate surface area is 198 Å². The Morgan fingerprint density at radius 1 is 1.15 bits per heavy atom. The maximum Gasteiger partial charge on any atom is 0.505 e. The second-order valence-electron chi connectivity index (χ2n) is 7.10. The van der Waals surface area contributed by atoms with Gasteiger partial charge < -0.3 is 28.6 Å². The molecule has 0 amide bonds. The van der Waals surface area contributed by atoms with Crippen LogP contribution in [0.3, 0.4) is 0 Å². The van der Waals surface area contributed by atoms with Crippen LogP contribution in [-0.2, 0) is 26.0 Å². The Bertz CT molecular complexity index is 1230. The zero-order valence-electron chi connectivity index (χ0n) is 19.1. The Kier molecular flexibility index (Phi) is 8.05. The summed E-state index contributed by atoms with van der Waals surface area (Å²) in [5.41, 5.74) is 2.21. The van der Waals surface area contributed by atoms with E-state index < -0.39 is 28.3 Å². The fraction of sp³-hybridized carbons (Fsp3) is 0.364. The van der Waals surface area contributed by atoms with E-state index in [1.54, 1.807) is 17.8 Å². The molecule has 2 aromatic heterocycles. The fourth-order valence-electron chi connectivity index (χ4n) is 3.65. The highest BCUT2D eigenvalue weighted by Crippen LogP contribution is 2.37. The highest BCUT2D eigenvalue weighted by Gasteiger charge is 2.28. The molecule has 0 spiro atoms. The molecule has 2 unspecified atom stereocenters. The lowest BCUT2D eigenvalue weighted by Gasteiger charge is -2.21. The smallest absolute Gasteiger partial charge is 0.492 e. The predicted molar refractivity (Wildman–Crippen MR) is 123 cm³/mol. The molecule has 3 rings (SSSR count). The van der Waals surface area contributed by atoms with Gasteiger partial charge >= 0.3 is 12.1 Å². The van der Waals surface area contributed by atoms with Gasteiger partial charge in [-0.2, -0.15) is 0 Å². The first kappa shape index (κ1) is 25.0. The third kappa shape index (κ3) is 5.11. The number of pyridine rings is 1. The predicted octanol–water partition coefficient (Wildman–Crippen LogP) is 3.08. The van der Waals surface area contributed by atoms with Crippen LogP contribution in [0.5, 0.6) is 11.5 Å². The van der Waals surface area contributed by atoms with E-state index in [1.807, 2.05) is 24.3 Å². The molecule has 0 aliphatic carbocycles. The Hall–Kier alpha value is -3.67. The summed E-state index contributed by atoms with van der Waals surface area (Å²) in [5.74, 6) is -0.404. The van der Waals surface area contributed by atoms with E-state index in [0.717, 1.165) is 5.52 Å². The number of methoxy groups -OCH3 is 3. The van der Waals surface area contributed by atoms with E-state index in [-0.39, 0.29) is 35.8 Å². The molecule has 0 bridgehead atoms. The molecular formula is C22H25N3O8S. The summed E-state index contributed by atoms with van der Waals surface area (Å²) in [6.45, 7) is 1.45. The summed E-state index contributed by atoms with van der Waals surface area (Å²) in [7, 11) is 2.40. The summed E-state index contributed by atoms with van der Waals surface area (Å²) in [6, 6.07) is 7.33. The van der Waals surface area contributed by atoms with E-state index in [2.05, 4.69) is 14.7 Å². The molecule has 0 fully saturated rings. The lowest BCUT2D eigenvalue weighted by molar-refractivity contribution is 0.0594. The van der Waals surface area contributed by atoms with Gasteiger partial charge in [0, 0.05) is 6.42 Å². The number of carbonyl (C=O) groups excluding carboxylic acids is 1. The molecule has 0 radical (unpaired) electrons. The minimum atomic E-state index is -1.62. The number of aromatic nitrogens is 3. The number of carboxylic acid groups (broad SMARTS) is 1. The van der Waals surface area contributed by atoms with Crippen LogP contribution in [-0.4, -0.2) is 63.9 Å². The van der Waals surface area contributed by atoms with Crippen LogP contribution in [0.15, 0.2) is 30.6 Å². The van der Waals surface area contributed by atoms with Crippen molar-refractivity contribution in [2.75, 3.05) is 27.9 Å². The molecule has 0 saturated carbocycles. The van der Waals surface area contributed by atoms with Crippen molar-refractivity contribution in [2.45, 2.75) is 24.5 Å². The Morgan fingerprint density at radius 3 is 2.50 bits per heavy atom. The van der Waals surface area contributed by atoms with E-state index in [9.17, 15) is 13.8 Å². The van der Waals surface area contributed by atoms with Crippen molar-refractivity contribution in [1.82, 2.24) is 14.5 Å². The van der Waals surface area contributed by atoms with Gasteiger partial charge in [0.15, 0.2) is 11.5 Å². The second-order valence-corrected chi connectivity index (χ2v) is 8.69. The normalized spacial score (nSPS) is 12.7. The van der Waals surface area contributed by atoms with Gasteiger partial charge in [-0.1, -0.05) is 12.1 Å². The summed E-state index contributed by atoms with van der Waals surface area (Å²) in [4.78, 5) is 31.9. The molecule has 1 aromatic carbocycles. The van der Waals surface area contributed by atoms with E-state index in [4.69, 9.17) is 19.3 Å². The Balaban J connectivity index is 2.01. The van der Waals surface area contributed by atoms with E-state index >= 15 is 0 Å². The molecule has 182 valence electrons. The van der Waals surface area contributed by atoms with Gasteiger partial charge in [0.25, 0.3) is 0 Å². The molecule has 0 aliphatic rings. The third-order valence-electron chi connectivity index (χ3n) is 5.12. The van der Waals surface area contributed by atoms with Crippen molar-refractivity contribution in [3.05, 3.63) is 47.5 Å². The molecule has 11 nitrogen and oxygen atoms in total. The largest absolute Gasteiger partial charge is 0.505 e. The van der Waals surface area contributed by atoms with Gasteiger partial charge in [-0.25, -0.2) is 14.6 Å². The molecule has 2 heterocycles. The molecule has 3 aromatic rings. The van der Waals surface area contributed by atoms with Crippen molar-refractivity contribution in [1.29, 1.82) is 0 Å². The zero-order chi connectivity index (χ0) is 24.8. The number of benzene rings is 1. The summed E-state index contributed by atoms with van der Waals surface area (Å²) >= 11 is 0. The quantitative estimate of drug-likeness (QED) is 0.421. The lowest BCUT2D eigenvalue weighted by atomic mass is 10.1. The lowest BCUT2D eigenvalue weighted by Crippen LogP contribution is -2.20. The van der Waals surface area contributed by atoms with E-state index in [1.165, 1.54) is 21.3 Å². The number of hydrogen-bond donors (Lipinski definition) is 1. The van der Waals surface area contributed by atoms with Crippen molar-refractivity contribution < 1.29 is 37.9 Å². The van der Waals surface area contributed by atoms with Crippen LogP contribution in [0.2, 0.25) is 0 Å². The van der Waals surface area contributed by atoms with Crippen LogP contribution in [0.4, 0.5) is 4.79 Å². The SMILES string of the molecule is COC(=O)c1c(C)nc(CS(=O)C(CCOC(=O)O)n2cnc3ccccc32)c(OC)c1OC. The number of para-hydroxylation sites is 2. The molecular weight excluding hydrogens is 466 g/mol. The number of ether oxygens (including phenoxy) is 4. The van der Waals surface area contributed by atoms with Crippen molar-refractivity contribution in [3.8, 4) is 11.5 Å². The number of fused-ring (bicyclic) bond motifs is 1. The molecule has 1 N–H and O–H groups in total. The Morgan fingerprint density at radius 2 is 1.85 bits per heavy atom. The number of hydrogen-bond acceptors (Lipinski definition) is 9. The maximum atomic E-state index is 13.6. The fourth-order valence-corrected chi connectivity index (χ4v) is 5.08. The number of imidazole rings is 1. The summed E-state index contributed by atoms with van der Waals surface area (Å²) < 4.78 is 35.7. The molecule has 0 saturated heterocycles. The molecule has 0 aliphatic heterocycles. The first-order valence-electron chi connectivity index (χ1n) is 10.2. The number of esters is 1. The minimum Gasteiger partial charge on any atom is -0.492 e. The first-order chi connectivity index (χ1) is 16.3. The number of rotatable bonds is 10. The van der Waals surface area contributed by atoms with Gasteiger partial charge in [-0.05, 0) is 19.1 Å². The second kappa shape index (κ2) is 11.0. The van der Waals surface area contributed by atoms with Gasteiger partial charge in [0.1, 0.15) is 10.9 Å². The van der Waals surface area contributed by atoms with Crippen molar-refractivity contribution in [2.24, 2.45) is 0 Å². The highest BCUT2D eigenvalue weighted by atomic mass is 32.2. The van der Waals surface area contributed by atoms with Crippen LogP contribution in [0, 0.1) is 6.92 Å². The third-order valence-corrected chi connectivity index (χ3v) is 6.75. The number of aryl methyl sites for hydroxylation is 1.